The molecule has 0 aliphatic carbocycles. The molecule has 8 rings (SSSR count). The predicted octanol–water partition coefficient (Wildman–Crippen LogP) is 10.3. The van der Waals surface area contributed by atoms with Crippen molar-refractivity contribution in [2.75, 3.05) is 46.0 Å². The van der Waals surface area contributed by atoms with Crippen LogP contribution in [0.25, 0.3) is 11.2 Å². The van der Waals surface area contributed by atoms with E-state index in [1.807, 2.05) is 128 Å². The number of amides is 1. The van der Waals surface area contributed by atoms with E-state index in [1.54, 1.807) is 49.3 Å². The Hall–Kier alpha value is -6.80. The zero-order chi connectivity index (χ0) is 52.2. The van der Waals surface area contributed by atoms with E-state index < -0.39 is 38.7 Å². The number of para-hydroxylation sites is 1. The molecule has 0 radical (unpaired) electrons. The van der Waals surface area contributed by atoms with E-state index in [2.05, 4.69) is 43.4 Å². The van der Waals surface area contributed by atoms with Crippen LogP contribution in [0.2, 0.25) is 0 Å². The quantitative estimate of drug-likeness (QED) is 0.0319. The van der Waals surface area contributed by atoms with Crippen LogP contribution in [-0.2, 0) is 40.2 Å². The first-order valence-corrected chi connectivity index (χ1v) is 25.8. The minimum atomic E-state index is -1.81. The first-order chi connectivity index (χ1) is 36.0. The fraction of sp³-hybridized carbons (Fsp3) is 0.351. The average Bonchev–Trinajstić information content (AvgIpc) is 4.02. The van der Waals surface area contributed by atoms with Gasteiger partial charge >= 0.3 is 0 Å². The molecule has 3 heterocycles. The van der Waals surface area contributed by atoms with E-state index in [4.69, 9.17) is 47.4 Å². The normalized spacial score (nSPS) is 17.2. The lowest BCUT2D eigenvalue weighted by Crippen LogP contribution is -2.42. The fourth-order valence-corrected chi connectivity index (χ4v) is 11.0. The Labute approximate surface area is 434 Å². The van der Waals surface area contributed by atoms with Crippen LogP contribution < -0.4 is 19.1 Å². The second-order valence-corrected chi connectivity index (χ2v) is 19.7. The van der Waals surface area contributed by atoms with Crippen LogP contribution in [-0.4, -0.2) is 102 Å². The molecule has 0 saturated carbocycles. The van der Waals surface area contributed by atoms with Gasteiger partial charge in [-0.3, -0.25) is 14.3 Å². The molecule has 386 valence electrons. The van der Waals surface area contributed by atoms with Gasteiger partial charge in [0.1, 0.15) is 47.5 Å². The maximum absolute atomic E-state index is 14.3. The highest BCUT2D eigenvalue weighted by Gasteiger charge is 2.51. The van der Waals surface area contributed by atoms with E-state index in [9.17, 15) is 10.1 Å². The topological polar surface area (TPSA) is 165 Å². The average molecular weight is 1020 g/mol. The highest BCUT2D eigenvalue weighted by Crippen LogP contribution is 2.51. The number of nitrogens with zero attached hydrogens (tertiary/aromatic N) is 7. The summed E-state index contributed by atoms with van der Waals surface area (Å²) in [7, 11) is 3.07. The molecule has 74 heavy (non-hydrogen) atoms. The van der Waals surface area contributed by atoms with Crippen molar-refractivity contribution in [3.8, 4) is 23.3 Å². The van der Waals surface area contributed by atoms with Crippen LogP contribution in [0, 0.1) is 18.3 Å². The van der Waals surface area contributed by atoms with Crippen molar-refractivity contribution in [2.45, 2.75) is 89.8 Å². The van der Waals surface area contributed by atoms with Crippen LogP contribution in [0.5, 0.6) is 17.2 Å². The van der Waals surface area contributed by atoms with E-state index in [0.29, 0.717) is 34.2 Å². The first kappa shape index (κ1) is 53.5. The third-order valence-electron chi connectivity index (χ3n) is 12.8. The number of aryl methyl sites for hydroxylation is 1. The van der Waals surface area contributed by atoms with Crippen molar-refractivity contribution in [2.24, 2.45) is 0 Å². The molecule has 2 aromatic heterocycles. The molecule has 1 fully saturated rings. The summed E-state index contributed by atoms with van der Waals surface area (Å²) in [6.07, 6.45) is -0.135. The number of ether oxygens (including phenoxy) is 6. The lowest BCUT2D eigenvalue weighted by Gasteiger charge is -2.39. The summed E-state index contributed by atoms with van der Waals surface area (Å²) in [4.78, 5) is 30.3. The lowest BCUT2D eigenvalue weighted by atomic mass is 9.80. The second-order valence-electron chi connectivity index (χ2n) is 18.3. The SMILES string of the molecule is COc1ccc(C(OCC2OC(n3cnc4c(N(Cc5ccc(C)cc5)C(=O)COc5ccccc5)ncnc43)C(OC)C2OP(OCCC#N)N(C(C)C)C(C)C)(c2ccccc2)c2ccc(OC)cc2)cc1. The van der Waals surface area contributed by atoms with Crippen molar-refractivity contribution in [1.82, 2.24) is 24.2 Å². The van der Waals surface area contributed by atoms with E-state index in [0.717, 1.165) is 27.8 Å². The van der Waals surface area contributed by atoms with Gasteiger partial charge in [-0.1, -0.05) is 103 Å². The molecule has 16 nitrogen and oxygen atoms in total. The van der Waals surface area contributed by atoms with Crippen molar-refractivity contribution in [1.29, 1.82) is 5.26 Å². The molecular formula is C57H64N7O9P. The Morgan fingerprint density at radius 1 is 0.770 bits per heavy atom. The van der Waals surface area contributed by atoms with E-state index >= 15 is 0 Å². The number of hydrogen-bond donors (Lipinski definition) is 0. The Balaban J connectivity index is 1.23. The van der Waals surface area contributed by atoms with Gasteiger partial charge in [0.25, 0.3) is 14.4 Å². The highest BCUT2D eigenvalue weighted by atomic mass is 31.2. The van der Waals surface area contributed by atoms with Gasteiger partial charge in [0.15, 0.2) is 29.8 Å². The van der Waals surface area contributed by atoms with E-state index in [-0.39, 0.29) is 50.8 Å². The summed E-state index contributed by atoms with van der Waals surface area (Å²) in [6, 6.07) is 45.1. The number of aromatic nitrogens is 4. The van der Waals surface area contributed by atoms with E-state index in [1.165, 1.54) is 6.33 Å². The summed E-state index contributed by atoms with van der Waals surface area (Å²) in [5.41, 5.74) is 4.06. The first-order valence-electron chi connectivity index (χ1n) is 24.6. The molecule has 1 aliphatic heterocycles. The molecule has 5 unspecified atom stereocenters. The number of nitriles is 1. The predicted molar refractivity (Wildman–Crippen MR) is 283 cm³/mol. The molecule has 0 bridgehead atoms. The van der Waals surface area contributed by atoms with Crippen LogP contribution in [0.15, 0.2) is 146 Å². The second kappa shape index (κ2) is 25.0. The highest BCUT2D eigenvalue weighted by molar-refractivity contribution is 7.44. The van der Waals surface area contributed by atoms with Crippen molar-refractivity contribution < 1.29 is 42.3 Å². The van der Waals surface area contributed by atoms with Gasteiger partial charge in [-0.25, -0.2) is 19.6 Å². The largest absolute Gasteiger partial charge is 0.497 e. The Kier molecular flexibility index (Phi) is 18.0. The maximum Gasteiger partial charge on any atom is 0.266 e. The van der Waals surface area contributed by atoms with Crippen LogP contribution in [0.4, 0.5) is 5.82 Å². The summed E-state index contributed by atoms with van der Waals surface area (Å²) < 4.78 is 56.1. The van der Waals surface area contributed by atoms with Crippen LogP contribution >= 0.6 is 8.53 Å². The smallest absolute Gasteiger partial charge is 0.266 e. The Morgan fingerprint density at radius 3 is 1.96 bits per heavy atom. The van der Waals surface area contributed by atoms with Crippen molar-refractivity contribution in [3.05, 3.63) is 174 Å². The molecule has 1 saturated heterocycles. The number of imidazole rings is 1. The molecule has 0 N–H and O–H groups in total. The molecule has 1 aliphatic rings. The molecular weight excluding hydrogens is 958 g/mol. The number of carbonyl (C=O) groups excluding carboxylic acids is 1. The molecule has 7 aromatic rings. The van der Waals surface area contributed by atoms with Crippen molar-refractivity contribution in [3.63, 3.8) is 0 Å². The monoisotopic (exact) mass is 1020 g/mol. The summed E-state index contributed by atoms with van der Waals surface area (Å²) in [5, 5.41) is 9.60. The molecule has 0 spiro atoms. The molecule has 5 aromatic carbocycles. The number of benzene rings is 5. The van der Waals surface area contributed by atoms with Gasteiger partial charge in [-0.05, 0) is 93.3 Å². The molecule has 17 heteroatoms. The maximum atomic E-state index is 14.3. The Bertz CT molecular complexity index is 2870. The standard InChI is InChI=1S/C57H64N7O9P/c1-39(2)64(40(3)4)74(71-33-15-32-58)73-52-49(35-70-57(43-16-11-9-12-17-43,44-24-28-46(66-6)29-25-44)45-26-30-47(67-7)31-27-45)72-56(53(52)68-8)63-38-61-51-54(59-37-60-55(51)63)62(34-42-22-20-41(5)21-23-42)50(65)36-69-48-18-13-10-14-19-48/h9-14,16-31,37-40,49,52-53,56H,15,33-36H2,1-8H3. The zero-order valence-corrected chi connectivity index (χ0v) is 44.0. The van der Waals surface area contributed by atoms with Crippen molar-refractivity contribution >= 4 is 31.4 Å². The zero-order valence-electron chi connectivity index (χ0n) is 43.1. The number of carbonyl (C=O) groups is 1. The number of anilines is 1. The van der Waals surface area contributed by atoms with Gasteiger partial charge in [-0.15, -0.1) is 0 Å². The minimum absolute atomic E-state index is 0.00394. The third kappa shape index (κ3) is 11.9. The minimum Gasteiger partial charge on any atom is -0.497 e. The Morgan fingerprint density at radius 2 is 1.38 bits per heavy atom. The fourth-order valence-electron chi connectivity index (χ4n) is 9.24. The third-order valence-corrected chi connectivity index (χ3v) is 14.9. The van der Waals surface area contributed by atoms with Crippen LogP contribution in [0.1, 0.15) is 68.2 Å². The summed E-state index contributed by atoms with van der Waals surface area (Å²) in [6.45, 7) is 10.4. The lowest BCUT2D eigenvalue weighted by molar-refractivity contribution is -0.120. The van der Waals surface area contributed by atoms with Gasteiger partial charge in [-0.2, -0.15) is 5.26 Å². The number of methoxy groups -OCH3 is 3. The van der Waals surface area contributed by atoms with Gasteiger partial charge < -0.3 is 37.5 Å². The number of hydrogen-bond acceptors (Lipinski definition) is 14. The number of fused-ring (bicyclic) bond motifs is 1. The van der Waals surface area contributed by atoms with Gasteiger partial charge in [0.2, 0.25) is 0 Å². The van der Waals surface area contributed by atoms with Gasteiger partial charge in [0, 0.05) is 19.2 Å². The van der Waals surface area contributed by atoms with Crippen LogP contribution in [0.3, 0.4) is 0 Å². The molecule has 1 amide bonds. The summed E-state index contributed by atoms with van der Waals surface area (Å²) in [5.74, 6) is 1.90. The molecule has 5 atom stereocenters. The number of rotatable bonds is 24. The summed E-state index contributed by atoms with van der Waals surface area (Å²) >= 11 is 0. The van der Waals surface area contributed by atoms with Gasteiger partial charge in [0.05, 0.1) is 52.8 Å².